The fourth-order valence-corrected chi connectivity index (χ4v) is 3.87. The molecule has 0 aliphatic heterocycles. The van der Waals surface area contributed by atoms with Crippen LogP contribution in [0.3, 0.4) is 0 Å². The standard InChI is InChI=1S/C26H39ClO3/c1-3-4-5-9-15-20-30-26-23-17-12-11-16-22(23)24(21-25(26)28-2)29-19-14-10-7-6-8-13-18-27/h11-12,16-17,21H,3-10,13-15,18-20H2,1-2H3. The summed E-state index contributed by atoms with van der Waals surface area (Å²) >= 11 is 5.73. The molecule has 4 heteroatoms. The van der Waals surface area contributed by atoms with Gasteiger partial charge in [0, 0.05) is 22.7 Å². The van der Waals surface area contributed by atoms with E-state index in [1.807, 2.05) is 18.2 Å². The number of halogens is 1. The molecule has 0 unspecified atom stereocenters. The molecule has 0 fully saturated rings. The van der Waals surface area contributed by atoms with Crippen LogP contribution >= 0.6 is 11.6 Å². The zero-order chi connectivity index (χ0) is 21.4. The van der Waals surface area contributed by atoms with Crippen LogP contribution in [0.1, 0.15) is 77.6 Å². The summed E-state index contributed by atoms with van der Waals surface area (Å²) in [5.41, 5.74) is 0. The number of ether oxygens (including phenoxy) is 3. The van der Waals surface area contributed by atoms with E-state index in [-0.39, 0.29) is 0 Å². The van der Waals surface area contributed by atoms with Gasteiger partial charge in [-0.15, -0.1) is 11.6 Å². The van der Waals surface area contributed by atoms with E-state index in [1.165, 1.54) is 51.4 Å². The van der Waals surface area contributed by atoms with Crippen LogP contribution in [0.15, 0.2) is 30.3 Å². The Balaban J connectivity index is 1.95. The average Bonchev–Trinajstić information content (AvgIpc) is 2.78. The first-order valence-corrected chi connectivity index (χ1v) is 12.3. The highest BCUT2D eigenvalue weighted by molar-refractivity contribution is 6.17. The highest BCUT2D eigenvalue weighted by Gasteiger charge is 2.15. The van der Waals surface area contributed by atoms with Crippen molar-refractivity contribution >= 4 is 22.4 Å². The maximum Gasteiger partial charge on any atom is 0.169 e. The minimum atomic E-state index is 0.716. The van der Waals surface area contributed by atoms with Crippen molar-refractivity contribution in [3.8, 4) is 17.2 Å². The van der Waals surface area contributed by atoms with Crippen molar-refractivity contribution in [3.05, 3.63) is 30.3 Å². The third-order valence-electron chi connectivity index (χ3n) is 5.42. The molecule has 0 radical (unpaired) electrons. The van der Waals surface area contributed by atoms with E-state index in [9.17, 15) is 0 Å². The molecule has 0 atom stereocenters. The van der Waals surface area contributed by atoms with Crippen LogP contribution in [0.2, 0.25) is 0 Å². The first kappa shape index (κ1) is 24.7. The topological polar surface area (TPSA) is 27.7 Å². The highest BCUT2D eigenvalue weighted by Crippen LogP contribution is 2.41. The summed E-state index contributed by atoms with van der Waals surface area (Å²) in [6, 6.07) is 10.3. The lowest BCUT2D eigenvalue weighted by Gasteiger charge is -2.17. The summed E-state index contributed by atoms with van der Waals surface area (Å²) < 4.78 is 18.0. The second-order valence-corrected chi connectivity index (χ2v) is 8.25. The van der Waals surface area contributed by atoms with Crippen molar-refractivity contribution in [1.29, 1.82) is 0 Å². The Hall–Kier alpha value is -1.61. The second-order valence-electron chi connectivity index (χ2n) is 7.87. The number of benzene rings is 2. The molecular formula is C26H39ClO3. The number of hydrogen-bond acceptors (Lipinski definition) is 3. The molecule has 0 aliphatic rings. The Labute approximate surface area is 188 Å². The van der Waals surface area contributed by atoms with Crippen LogP contribution in [0.25, 0.3) is 10.8 Å². The van der Waals surface area contributed by atoms with Crippen molar-refractivity contribution in [1.82, 2.24) is 0 Å². The number of methoxy groups -OCH3 is 1. The van der Waals surface area contributed by atoms with E-state index in [2.05, 4.69) is 19.1 Å². The van der Waals surface area contributed by atoms with Gasteiger partial charge in [-0.05, 0) is 19.3 Å². The van der Waals surface area contributed by atoms with Crippen LogP contribution in [0.5, 0.6) is 17.2 Å². The monoisotopic (exact) mass is 434 g/mol. The van der Waals surface area contributed by atoms with Gasteiger partial charge in [0.05, 0.1) is 20.3 Å². The van der Waals surface area contributed by atoms with Gasteiger partial charge in [0.25, 0.3) is 0 Å². The first-order chi connectivity index (χ1) is 14.8. The van der Waals surface area contributed by atoms with Gasteiger partial charge in [0.2, 0.25) is 0 Å². The molecule has 0 saturated heterocycles. The molecular weight excluding hydrogens is 396 g/mol. The lowest BCUT2D eigenvalue weighted by atomic mass is 10.1. The van der Waals surface area contributed by atoms with E-state index >= 15 is 0 Å². The van der Waals surface area contributed by atoms with Crippen LogP contribution in [0, 0.1) is 0 Å². The quantitative estimate of drug-likeness (QED) is 0.185. The van der Waals surface area contributed by atoms with E-state index in [4.69, 9.17) is 25.8 Å². The normalized spacial score (nSPS) is 11.0. The van der Waals surface area contributed by atoms with Crippen LogP contribution in [-0.4, -0.2) is 26.2 Å². The SMILES string of the molecule is CCCCCCCOc1c(OC)cc(OCCCCCCCCCl)c2ccccc12. The molecule has 0 heterocycles. The molecule has 0 amide bonds. The minimum Gasteiger partial charge on any atom is -0.493 e. The summed E-state index contributed by atoms with van der Waals surface area (Å²) in [4.78, 5) is 0. The van der Waals surface area contributed by atoms with Gasteiger partial charge in [0.15, 0.2) is 11.5 Å². The van der Waals surface area contributed by atoms with E-state index in [0.717, 1.165) is 59.8 Å². The number of alkyl halides is 1. The predicted molar refractivity (Wildman–Crippen MR) is 129 cm³/mol. The smallest absolute Gasteiger partial charge is 0.169 e. The molecule has 2 rings (SSSR count). The minimum absolute atomic E-state index is 0.716. The molecule has 168 valence electrons. The van der Waals surface area contributed by atoms with Gasteiger partial charge >= 0.3 is 0 Å². The fraction of sp³-hybridized carbons (Fsp3) is 0.615. The van der Waals surface area contributed by atoms with Crippen LogP contribution in [0.4, 0.5) is 0 Å². The van der Waals surface area contributed by atoms with E-state index in [0.29, 0.717) is 6.61 Å². The van der Waals surface area contributed by atoms with E-state index in [1.54, 1.807) is 7.11 Å². The van der Waals surface area contributed by atoms with Gasteiger partial charge in [-0.25, -0.2) is 0 Å². The van der Waals surface area contributed by atoms with Crippen molar-refractivity contribution in [2.24, 2.45) is 0 Å². The maximum atomic E-state index is 6.18. The van der Waals surface area contributed by atoms with Crippen molar-refractivity contribution in [2.45, 2.75) is 77.6 Å². The van der Waals surface area contributed by atoms with Crippen LogP contribution in [-0.2, 0) is 0 Å². The zero-order valence-electron chi connectivity index (χ0n) is 18.9. The predicted octanol–water partition coefficient (Wildman–Crippen LogP) is 8.16. The number of unbranched alkanes of at least 4 members (excludes halogenated alkanes) is 9. The van der Waals surface area contributed by atoms with Crippen molar-refractivity contribution in [2.75, 3.05) is 26.2 Å². The molecule has 3 nitrogen and oxygen atoms in total. The zero-order valence-corrected chi connectivity index (χ0v) is 19.6. The molecule has 0 saturated carbocycles. The summed E-state index contributed by atoms with van der Waals surface area (Å²) in [5, 5.41) is 2.14. The first-order valence-electron chi connectivity index (χ1n) is 11.7. The maximum absolute atomic E-state index is 6.18. The lowest BCUT2D eigenvalue weighted by Crippen LogP contribution is -2.03. The summed E-state index contributed by atoms with van der Waals surface area (Å²) in [6.45, 7) is 3.68. The van der Waals surface area contributed by atoms with Gasteiger partial charge in [-0.3, -0.25) is 0 Å². The Morgan fingerprint density at radius 1 is 0.700 bits per heavy atom. The second kappa shape index (κ2) is 15.2. The Kier molecular flexibility index (Phi) is 12.5. The average molecular weight is 435 g/mol. The molecule has 0 aliphatic carbocycles. The van der Waals surface area contributed by atoms with Crippen molar-refractivity contribution in [3.63, 3.8) is 0 Å². The number of fused-ring (bicyclic) bond motifs is 1. The Morgan fingerprint density at radius 2 is 1.30 bits per heavy atom. The van der Waals surface area contributed by atoms with E-state index < -0.39 is 0 Å². The fourth-order valence-electron chi connectivity index (χ4n) is 3.68. The molecule has 0 aromatic heterocycles. The van der Waals surface area contributed by atoms with Gasteiger partial charge < -0.3 is 14.2 Å². The third kappa shape index (κ3) is 8.26. The molecule has 2 aromatic rings. The van der Waals surface area contributed by atoms with Gasteiger partial charge in [0.1, 0.15) is 5.75 Å². The molecule has 0 bridgehead atoms. The highest BCUT2D eigenvalue weighted by atomic mass is 35.5. The van der Waals surface area contributed by atoms with Crippen LogP contribution < -0.4 is 14.2 Å². The molecule has 30 heavy (non-hydrogen) atoms. The molecule has 0 N–H and O–H groups in total. The summed E-state index contributed by atoms with van der Waals surface area (Å²) in [5.74, 6) is 3.23. The van der Waals surface area contributed by atoms with Gasteiger partial charge in [-0.1, -0.05) is 82.6 Å². The number of hydrogen-bond donors (Lipinski definition) is 0. The van der Waals surface area contributed by atoms with Gasteiger partial charge in [-0.2, -0.15) is 0 Å². The Morgan fingerprint density at radius 3 is 1.97 bits per heavy atom. The third-order valence-corrected chi connectivity index (χ3v) is 5.69. The summed E-state index contributed by atoms with van der Waals surface area (Å²) in [7, 11) is 1.70. The molecule has 2 aromatic carbocycles. The molecule has 0 spiro atoms. The Bertz CT molecular complexity index is 717. The number of rotatable bonds is 17. The lowest BCUT2D eigenvalue weighted by molar-refractivity contribution is 0.283. The summed E-state index contributed by atoms with van der Waals surface area (Å²) in [6.07, 6.45) is 13.2. The van der Waals surface area contributed by atoms with Crippen molar-refractivity contribution < 1.29 is 14.2 Å². The largest absolute Gasteiger partial charge is 0.493 e.